The predicted octanol–water partition coefficient (Wildman–Crippen LogP) is 2.86. The van der Waals surface area contributed by atoms with E-state index in [0.29, 0.717) is 0 Å². The molecule has 0 aromatic heterocycles. The van der Waals surface area contributed by atoms with E-state index in [1.54, 1.807) is 0 Å². The number of carbonyl (C=O) groups is 1. The van der Waals surface area contributed by atoms with Gasteiger partial charge in [0.2, 0.25) is 0 Å². The number of nitrogen functional groups attached to an aromatic ring is 1. The minimum absolute atomic E-state index is 0.0528. The molecule has 0 aliphatic heterocycles. The van der Waals surface area contributed by atoms with E-state index >= 15 is 0 Å². The number of nitrogens with two attached hydrogens (primary N) is 1. The normalized spacial score (nSPS) is 11.4. The highest BCUT2D eigenvalue weighted by atomic mass is 79.9. The molecule has 1 aromatic carbocycles. The summed E-state index contributed by atoms with van der Waals surface area (Å²) in [6.07, 6.45) is -4.42. The highest BCUT2D eigenvalue weighted by Gasteiger charge is 2.33. The maximum atomic E-state index is 12.3. The highest BCUT2D eigenvalue weighted by Crippen LogP contribution is 2.35. The molecule has 0 heterocycles. The third-order valence-corrected chi connectivity index (χ3v) is 2.29. The van der Waals surface area contributed by atoms with Gasteiger partial charge in [-0.05, 0) is 28.1 Å². The lowest BCUT2D eigenvalue weighted by atomic mass is 10.1. The van der Waals surface area contributed by atoms with Crippen molar-refractivity contribution in [3.05, 3.63) is 27.7 Å². The van der Waals surface area contributed by atoms with Gasteiger partial charge in [-0.1, -0.05) is 0 Å². The number of benzene rings is 1. The first-order chi connectivity index (χ1) is 6.36. The summed E-state index contributed by atoms with van der Waals surface area (Å²) in [5.74, 6) is 0. The lowest BCUT2D eigenvalue weighted by Crippen LogP contribution is -2.10. The van der Waals surface area contributed by atoms with E-state index in [1.807, 2.05) is 0 Å². The number of anilines is 1. The Hall–Kier alpha value is -1.04. The highest BCUT2D eigenvalue weighted by molar-refractivity contribution is 9.10. The molecule has 0 atom stereocenters. The van der Waals surface area contributed by atoms with Crippen molar-refractivity contribution >= 4 is 27.9 Å². The molecule has 0 fully saturated rings. The van der Waals surface area contributed by atoms with Gasteiger partial charge < -0.3 is 5.73 Å². The van der Waals surface area contributed by atoms with Crippen LogP contribution in [0, 0.1) is 0 Å². The summed E-state index contributed by atoms with van der Waals surface area (Å²) in [5.41, 5.74) is 3.77. The Bertz CT molecular complexity index is 376. The molecule has 0 bridgehead atoms. The molecule has 0 amide bonds. The molecule has 0 radical (unpaired) electrons. The van der Waals surface area contributed by atoms with E-state index < -0.39 is 17.3 Å². The summed E-state index contributed by atoms with van der Waals surface area (Å²) in [5, 5.41) is 0. The van der Waals surface area contributed by atoms with Gasteiger partial charge in [-0.15, -0.1) is 0 Å². The molecule has 76 valence electrons. The smallest absolute Gasteiger partial charge is 0.398 e. The molecular formula is C8H5BrF3NO. The average molecular weight is 268 g/mol. The lowest BCUT2D eigenvalue weighted by Gasteiger charge is -2.10. The van der Waals surface area contributed by atoms with Crippen LogP contribution in [0.2, 0.25) is 0 Å². The van der Waals surface area contributed by atoms with Crippen LogP contribution in [0.1, 0.15) is 15.9 Å². The Morgan fingerprint density at radius 1 is 1.36 bits per heavy atom. The van der Waals surface area contributed by atoms with E-state index in [2.05, 4.69) is 15.9 Å². The van der Waals surface area contributed by atoms with Crippen LogP contribution in [-0.4, -0.2) is 6.29 Å². The van der Waals surface area contributed by atoms with Crippen LogP contribution in [0.15, 0.2) is 16.6 Å². The van der Waals surface area contributed by atoms with Crippen molar-refractivity contribution in [3.8, 4) is 0 Å². The van der Waals surface area contributed by atoms with E-state index in [9.17, 15) is 18.0 Å². The van der Waals surface area contributed by atoms with Gasteiger partial charge in [0.05, 0.1) is 5.56 Å². The average Bonchev–Trinajstić information content (AvgIpc) is 2.07. The first-order valence-corrected chi connectivity index (χ1v) is 4.27. The quantitative estimate of drug-likeness (QED) is 0.628. The van der Waals surface area contributed by atoms with Gasteiger partial charge in [-0.2, -0.15) is 13.2 Å². The van der Waals surface area contributed by atoms with Crippen LogP contribution >= 0.6 is 15.9 Å². The molecule has 0 saturated heterocycles. The molecular weight excluding hydrogens is 263 g/mol. The van der Waals surface area contributed by atoms with E-state index in [-0.39, 0.29) is 16.4 Å². The molecule has 0 unspecified atom stereocenters. The van der Waals surface area contributed by atoms with Gasteiger partial charge in [0, 0.05) is 15.7 Å². The first kappa shape index (κ1) is 11.0. The fourth-order valence-corrected chi connectivity index (χ4v) is 1.31. The van der Waals surface area contributed by atoms with Gasteiger partial charge in [0.15, 0.2) is 6.29 Å². The van der Waals surface area contributed by atoms with Crippen LogP contribution in [0.4, 0.5) is 18.9 Å². The Morgan fingerprint density at radius 3 is 2.36 bits per heavy atom. The van der Waals surface area contributed by atoms with E-state index in [1.165, 1.54) is 0 Å². The van der Waals surface area contributed by atoms with Crippen LogP contribution in [0.3, 0.4) is 0 Å². The van der Waals surface area contributed by atoms with E-state index in [4.69, 9.17) is 5.73 Å². The van der Waals surface area contributed by atoms with Crippen molar-refractivity contribution < 1.29 is 18.0 Å². The summed E-state index contributed by atoms with van der Waals surface area (Å²) < 4.78 is 37.2. The van der Waals surface area contributed by atoms with Crippen LogP contribution in [0.25, 0.3) is 0 Å². The molecule has 2 nitrogen and oxygen atoms in total. The van der Waals surface area contributed by atoms with Crippen molar-refractivity contribution in [1.82, 2.24) is 0 Å². The van der Waals surface area contributed by atoms with Crippen molar-refractivity contribution in [2.45, 2.75) is 6.18 Å². The zero-order valence-corrected chi connectivity index (χ0v) is 8.32. The van der Waals surface area contributed by atoms with Crippen molar-refractivity contribution in [2.24, 2.45) is 0 Å². The van der Waals surface area contributed by atoms with Gasteiger partial charge in [0.1, 0.15) is 0 Å². The number of aldehydes is 1. The number of rotatable bonds is 1. The Morgan fingerprint density at radius 2 is 1.93 bits per heavy atom. The van der Waals surface area contributed by atoms with Crippen LogP contribution in [0.5, 0.6) is 0 Å². The maximum Gasteiger partial charge on any atom is 0.417 e. The number of alkyl halides is 3. The standard InChI is InChI=1S/C8H5BrF3NO/c9-6-1-4(3-14)5(2-7(6)13)8(10,11)12/h1-3H,13H2. The molecule has 14 heavy (non-hydrogen) atoms. The Kier molecular flexibility index (Phi) is 2.84. The topological polar surface area (TPSA) is 43.1 Å². The second-order valence-electron chi connectivity index (χ2n) is 2.58. The van der Waals surface area contributed by atoms with Crippen molar-refractivity contribution in [1.29, 1.82) is 0 Å². The largest absolute Gasteiger partial charge is 0.417 e. The molecule has 0 aliphatic carbocycles. The van der Waals surface area contributed by atoms with Gasteiger partial charge in [-0.3, -0.25) is 4.79 Å². The molecule has 1 aromatic rings. The molecule has 0 saturated carbocycles. The van der Waals surface area contributed by atoms with Crippen molar-refractivity contribution in [3.63, 3.8) is 0 Å². The molecule has 2 N–H and O–H groups in total. The van der Waals surface area contributed by atoms with Crippen LogP contribution < -0.4 is 5.73 Å². The zero-order valence-electron chi connectivity index (χ0n) is 6.73. The van der Waals surface area contributed by atoms with Crippen LogP contribution in [-0.2, 0) is 6.18 Å². The molecule has 6 heteroatoms. The maximum absolute atomic E-state index is 12.3. The third-order valence-electron chi connectivity index (χ3n) is 1.60. The summed E-state index contributed by atoms with van der Waals surface area (Å²) in [6.45, 7) is 0. The van der Waals surface area contributed by atoms with Crippen molar-refractivity contribution in [2.75, 3.05) is 5.73 Å². The molecule has 0 aliphatic rings. The number of hydrogen-bond acceptors (Lipinski definition) is 2. The third kappa shape index (κ3) is 2.06. The summed E-state index contributed by atoms with van der Waals surface area (Å²) in [7, 11) is 0. The molecule has 0 spiro atoms. The van der Waals surface area contributed by atoms with Gasteiger partial charge in [0.25, 0.3) is 0 Å². The predicted molar refractivity (Wildman–Crippen MR) is 48.9 cm³/mol. The zero-order chi connectivity index (χ0) is 10.9. The minimum Gasteiger partial charge on any atom is -0.398 e. The Labute approximate surface area is 86.0 Å². The summed E-state index contributed by atoms with van der Waals surface area (Å²) in [4.78, 5) is 10.4. The fourth-order valence-electron chi connectivity index (χ4n) is 0.948. The molecule has 1 rings (SSSR count). The van der Waals surface area contributed by atoms with Gasteiger partial charge in [-0.25, -0.2) is 0 Å². The number of carbonyl (C=O) groups excluding carboxylic acids is 1. The summed E-state index contributed by atoms with van der Waals surface area (Å²) >= 11 is 2.94. The second-order valence-corrected chi connectivity index (χ2v) is 3.43. The fraction of sp³-hybridized carbons (Fsp3) is 0.125. The minimum atomic E-state index is -4.56. The number of hydrogen-bond donors (Lipinski definition) is 1. The van der Waals surface area contributed by atoms with Gasteiger partial charge >= 0.3 is 6.18 Å². The first-order valence-electron chi connectivity index (χ1n) is 3.47. The SMILES string of the molecule is Nc1cc(C(F)(F)F)c(C=O)cc1Br. The monoisotopic (exact) mass is 267 g/mol. The Balaban J connectivity index is 3.42. The lowest BCUT2D eigenvalue weighted by molar-refractivity contribution is -0.137. The summed E-state index contributed by atoms with van der Waals surface area (Å²) in [6, 6.07) is 1.78. The van der Waals surface area contributed by atoms with E-state index in [0.717, 1.165) is 12.1 Å². The number of halogens is 4. The second kappa shape index (κ2) is 3.61.